The number of benzene rings is 2. The molecule has 0 fully saturated rings. The first-order valence-electron chi connectivity index (χ1n) is 10.6. The fourth-order valence-corrected chi connectivity index (χ4v) is 3.45. The molecule has 0 unspecified atom stereocenters. The minimum atomic E-state index is -4.74. The largest absolute Gasteiger partial charge is 0.497 e. The van der Waals surface area contributed by atoms with Crippen LogP contribution in [0.15, 0.2) is 60.8 Å². The van der Waals surface area contributed by atoms with E-state index in [1.807, 2.05) is 0 Å². The molecule has 0 spiro atoms. The number of carbonyl (C=O) groups excluding carboxylic acids is 2. The Labute approximate surface area is 203 Å². The lowest BCUT2D eigenvalue weighted by molar-refractivity contribution is -0.141. The van der Waals surface area contributed by atoms with Crippen LogP contribution in [0.5, 0.6) is 11.6 Å². The van der Waals surface area contributed by atoms with E-state index in [1.165, 1.54) is 25.4 Å². The lowest BCUT2D eigenvalue weighted by atomic mass is 10.2. The highest BCUT2D eigenvalue weighted by Crippen LogP contribution is 2.30. The lowest BCUT2D eigenvalue weighted by Crippen LogP contribution is -2.17. The number of amides is 1. The Morgan fingerprint density at radius 2 is 1.75 bits per heavy atom. The topological polar surface area (TPSA) is 100 Å². The molecule has 2 aromatic carbocycles. The minimum absolute atomic E-state index is 0.138. The van der Waals surface area contributed by atoms with Crippen LogP contribution < -0.4 is 14.8 Å². The van der Waals surface area contributed by atoms with Gasteiger partial charge in [-0.1, -0.05) is 0 Å². The number of nitrogens with one attached hydrogen (secondary N) is 1. The van der Waals surface area contributed by atoms with Crippen LogP contribution in [0.2, 0.25) is 0 Å². The molecule has 0 atom stereocenters. The normalized spacial score (nSPS) is 11.2. The molecule has 0 aliphatic carbocycles. The second-order valence-corrected chi connectivity index (χ2v) is 7.48. The Kier molecular flexibility index (Phi) is 6.77. The molecule has 4 rings (SSSR count). The zero-order valence-electron chi connectivity index (χ0n) is 19.1. The van der Waals surface area contributed by atoms with E-state index in [-0.39, 0.29) is 18.0 Å². The Morgan fingerprint density at radius 3 is 2.36 bits per heavy atom. The van der Waals surface area contributed by atoms with E-state index in [0.717, 1.165) is 4.68 Å². The summed E-state index contributed by atoms with van der Waals surface area (Å²) in [5.41, 5.74) is -0.256. The molecule has 186 valence electrons. The van der Waals surface area contributed by atoms with E-state index in [9.17, 15) is 22.8 Å². The van der Waals surface area contributed by atoms with E-state index < -0.39 is 17.8 Å². The van der Waals surface area contributed by atoms with Crippen molar-refractivity contribution >= 4 is 17.9 Å². The van der Waals surface area contributed by atoms with Crippen LogP contribution >= 0.6 is 0 Å². The van der Waals surface area contributed by atoms with Gasteiger partial charge in [0, 0.05) is 11.8 Å². The highest BCUT2D eigenvalue weighted by atomic mass is 19.4. The van der Waals surface area contributed by atoms with Crippen molar-refractivity contribution in [3.63, 3.8) is 0 Å². The van der Waals surface area contributed by atoms with Gasteiger partial charge in [0.25, 0.3) is 5.91 Å². The number of alkyl halides is 3. The second-order valence-electron chi connectivity index (χ2n) is 7.48. The molecule has 0 aliphatic heterocycles. The van der Waals surface area contributed by atoms with Crippen LogP contribution in [0.4, 0.5) is 18.9 Å². The zero-order chi connectivity index (χ0) is 25.9. The highest BCUT2D eigenvalue weighted by Gasteiger charge is 2.36. The number of aldehydes is 1. The number of aromatic nitrogens is 4. The molecular weight excluding hydrogens is 479 g/mol. The molecular formula is C24H20F3N5O4. The molecule has 1 N–H and O–H groups in total. The molecule has 2 aromatic heterocycles. The maximum absolute atomic E-state index is 13.4. The SMILES string of the molecule is COc1ccc(-n2nc(C(F)(F)F)cc2C(=O)Nc2ccc(-n3c(OCC=O)cnc3C)cc2)cc1. The van der Waals surface area contributed by atoms with Gasteiger partial charge in [0.2, 0.25) is 5.88 Å². The van der Waals surface area contributed by atoms with Crippen molar-refractivity contribution in [3.05, 3.63) is 78.0 Å². The van der Waals surface area contributed by atoms with E-state index in [1.54, 1.807) is 47.9 Å². The number of carbonyl (C=O) groups is 2. The molecule has 1 amide bonds. The van der Waals surface area contributed by atoms with E-state index >= 15 is 0 Å². The van der Waals surface area contributed by atoms with Gasteiger partial charge < -0.3 is 14.8 Å². The van der Waals surface area contributed by atoms with E-state index in [0.29, 0.717) is 41.2 Å². The van der Waals surface area contributed by atoms with Gasteiger partial charge in [-0.3, -0.25) is 14.2 Å². The van der Waals surface area contributed by atoms with Gasteiger partial charge in [0.15, 0.2) is 12.0 Å². The van der Waals surface area contributed by atoms with Crippen molar-refractivity contribution in [2.75, 3.05) is 19.0 Å². The summed E-state index contributed by atoms with van der Waals surface area (Å²) in [5.74, 6) is 0.687. The first kappa shape index (κ1) is 24.5. The molecule has 12 heteroatoms. The van der Waals surface area contributed by atoms with Crippen molar-refractivity contribution < 1.29 is 32.2 Å². The van der Waals surface area contributed by atoms with Gasteiger partial charge in [0.1, 0.15) is 23.9 Å². The van der Waals surface area contributed by atoms with Crippen molar-refractivity contribution in [2.45, 2.75) is 13.1 Å². The summed E-state index contributed by atoms with van der Waals surface area (Å²) < 4.78 is 53.1. The van der Waals surface area contributed by atoms with Gasteiger partial charge in [-0.25, -0.2) is 9.67 Å². The fraction of sp³-hybridized carbons (Fsp3) is 0.167. The zero-order valence-corrected chi connectivity index (χ0v) is 19.1. The van der Waals surface area contributed by atoms with Gasteiger partial charge in [-0.05, 0) is 55.5 Å². The van der Waals surface area contributed by atoms with Crippen molar-refractivity contribution in [2.24, 2.45) is 0 Å². The quantitative estimate of drug-likeness (QED) is 0.365. The standard InChI is InChI=1S/C24H20F3N5O4/c1-15-28-14-22(36-12-11-33)31(15)17-5-3-16(4-6-17)29-23(34)20-13-21(24(25,26)27)30-32(20)18-7-9-19(35-2)10-8-18/h3-11,13-14H,12H2,1-2H3,(H,29,34). The molecule has 4 aromatic rings. The van der Waals surface area contributed by atoms with Crippen LogP contribution in [0, 0.1) is 6.92 Å². The number of rotatable bonds is 8. The number of ether oxygens (including phenoxy) is 2. The molecule has 0 aliphatic rings. The van der Waals surface area contributed by atoms with E-state index in [4.69, 9.17) is 9.47 Å². The smallest absolute Gasteiger partial charge is 0.435 e. The molecule has 2 heterocycles. The van der Waals surface area contributed by atoms with Crippen molar-refractivity contribution in [1.29, 1.82) is 0 Å². The van der Waals surface area contributed by atoms with Crippen LogP contribution in [-0.2, 0) is 11.0 Å². The predicted octanol–water partition coefficient (Wildman–Crippen LogP) is 4.22. The maximum atomic E-state index is 13.4. The predicted molar refractivity (Wildman–Crippen MR) is 123 cm³/mol. The third-order valence-corrected chi connectivity index (χ3v) is 5.14. The second kappa shape index (κ2) is 9.94. The number of hydrogen-bond donors (Lipinski definition) is 1. The number of imidazole rings is 1. The monoisotopic (exact) mass is 499 g/mol. The first-order valence-corrected chi connectivity index (χ1v) is 10.6. The van der Waals surface area contributed by atoms with Crippen LogP contribution in [0.1, 0.15) is 22.0 Å². The number of hydrogen-bond acceptors (Lipinski definition) is 6. The lowest BCUT2D eigenvalue weighted by Gasteiger charge is -2.12. The third-order valence-electron chi connectivity index (χ3n) is 5.14. The Morgan fingerprint density at radius 1 is 1.08 bits per heavy atom. The molecule has 36 heavy (non-hydrogen) atoms. The van der Waals surface area contributed by atoms with Crippen molar-refractivity contribution in [3.8, 4) is 23.0 Å². The number of anilines is 1. The molecule has 9 nitrogen and oxygen atoms in total. The summed E-state index contributed by atoms with van der Waals surface area (Å²) in [6.07, 6.45) is -2.64. The summed E-state index contributed by atoms with van der Waals surface area (Å²) in [4.78, 5) is 27.8. The molecule has 0 bridgehead atoms. The van der Waals surface area contributed by atoms with Gasteiger partial charge >= 0.3 is 6.18 Å². The summed E-state index contributed by atoms with van der Waals surface area (Å²) >= 11 is 0. The van der Waals surface area contributed by atoms with Gasteiger partial charge in [0.05, 0.1) is 24.7 Å². The van der Waals surface area contributed by atoms with E-state index in [2.05, 4.69) is 15.4 Å². The Bertz CT molecular complexity index is 1380. The fourth-order valence-electron chi connectivity index (χ4n) is 3.45. The first-order chi connectivity index (χ1) is 17.2. The summed E-state index contributed by atoms with van der Waals surface area (Å²) in [7, 11) is 1.46. The third kappa shape index (κ3) is 5.06. The maximum Gasteiger partial charge on any atom is 0.435 e. The van der Waals surface area contributed by atoms with Crippen LogP contribution in [0.3, 0.4) is 0 Å². The summed E-state index contributed by atoms with van der Waals surface area (Å²) in [6.45, 7) is 1.61. The Balaban J connectivity index is 1.61. The average Bonchev–Trinajstić information content (AvgIpc) is 3.48. The average molecular weight is 499 g/mol. The van der Waals surface area contributed by atoms with Crippen molar-refractivity contribution in [1.82, 2.24) is 19.3 Å². The number of aryl methyl sites for hydroxylation is 1. The number of nitrogens with zero attached hydrogens (tertiary/aromatic N) is 4. The highest BCUT2D eigenvalue weighted by molar-refractivity contribution is 6.03. The summed E-state index contributed by atoms with van der Waals surface area (Å²) in [6, 6.07) is 13.3. The molecule has 0 saturated heterocycles. The van der Waals surface area contributed by atoms with Crippen LogP contribution in [0.25, 0.3) is 11.4 Å². The van der Waals surface area contributed by atoms with Gasteiger partial charge in [-0.2, -0.15) is 18.3 Å². The molecule has 0 radical (unpaired) electrons. The molecule has 0 saturated carbocycles. The summed E-state index contributed by atoms with van der Waals surface area (Å²) in [5, 5.41) is 6.20. The number of methoxy groups -OCH3 is 1. The van der Waals surface area contributed by atoms with Gasteiger partial charge in [-0.15, -0.1) is 0 Å². The minimum Gasteiger partial charge on any atom is -0.497 e. The Hall–Kier alpha value is -4.61. The van der Waals surface area contributed by atoms with Crippen LogP contribution in [-0.4, -0.2) is 45.2 Å². The number of halogens is 3.